The third-order valence-electron chi connectivity index (χ3n) is 2.93. The highest BCUT2D eigenvalue weighted by atomic mass is 35.5. The molecule has 1 fully saturated rings. The zero-order chi connectivity index (χ0) is 13.4. The Balaban J connectivity index is 2.32. The number of aryl methyl sites for hydroxylation is 1. The second kappa shape index (κ2) is 4.85. The molecule has 2 unspecified atom stereocenters. The Morgan fingerprint density at radius 2 is 2.22 bits per heavy atom. The number of hydrogen-bond donors (Lipinski definition) is 1. The van der Waals surface area contributed by atoms with Crippen molar-refractivity contribution in [2.24, 2.45) is 7.05 Å². The first-order valence-electron chi connectivity index (χ1n) is 5.40. The molecule has 18 heavy (non-hydrogen) atoms. The molecular formula is C11H13ClN2O3S. The Morgan fingerprint density at radius 3 is 2.72 bits per heavy atom. The summed E-state index contributed by atoms with van der Waals surface area (Å²) in [5.74, 6) is -0.852. The van der Waals surface area contributed by atoms with Gasteiger partial charge in [0, 0.05) is 19.0 Å². The summed E-state index contributed by atoms with van der Waals surface area (Å²) in [6.07, 6.45) is 1.62. The molecule has 1 aromatic rings. The summed E-state index contributed by atoms with van der Waals surface area (Å²) in [6, 6.07) is 0.782. The van der Waals surface area contributed by atoms with E-state index in [1.54, 1.807) is 23.9 Å². The maximum absolute atomic E-state index is 12.4. The van der Waals surface area contributed by atoms with Gasteiger partial charge in [-0.3, -0.25) is 4.79 Å². The number of carbonyl (C=O) groups is 2. The minimum atomic E-state index is -0.972. The van der Waals surface area contributed by atoms with E-state index in [0.29, 0.717) is 16.5 Å². The molecule has 1 N–H and O–H groups in total. The lowest BCUT2D eigenvalue weighted by Gasteiger charge is -2.25. The van der Waals surface area contributed by atoms with Crippen molar-refractivity contribution in [2.75, 3.05) is 5.75 Å². The summed E-state index contributed by atoms with van der Waals surface area (Å²) in [5, 5.41) is 9.45. The van der Waals surface area contributed by atoms with E-state index in [1.165, 1.54) is 16.7 Å². The van der Waals surface area contributed by atoms with Crippen molar-refractivity contribution in [3.8, 4) is 0 Å². The van der Waals surface area contributed by atoms with Gasteiger partial charge in [-0.1, -0.05) is 11.6 Å². The number of halogens is 1. The van der Waals surface area contributed by atoms with Gasteiger partial charge in [0.05, 0.1) is 10.4 Å². The minimum absolute atomic E-state index is 0.146. The molecule has 0 aromatic carbocycles. The fourth-order valence-corrected chi connectivity index (χ4v) is 3.43. The number of rotatable bonds is 2. The SMILES string of the molecule is CC1SCC(C(=O)O)N1C(=O)c1cc(Cl)cn1C. The molecule has 2 heterocycles. The van der Waals surface area contributed by atoms with Crippen LogP contribution in [0.15, 0.2) is 12.3 Å². The van der Waals surface area contributed by atoms with E-state index in [1.807, 2.05) is 6.92 Å². The second-order valence-electron chi connectivity index (χ2n) is 4.15. The summed E-state index contributed by atoms with van der Waals surface area (Å²) in [5.41, 5.74) is 0.403. The molecule has 0 aliphatic carbocycles. The molecule has 5 nitrogen and oxygen atoms in total. The quantitative estimate of drug-likeness (QED) is 0.899. The van der Waals surface area contributed by atoms with Gasteiger partial charge in [0.2, 0.25) is 0 Å². The number of aromatic nitrogens is 1. The number of amides is 1. The van der Waals surface area contributed by atoms with Crippen molar-refractivity contribution in [1.82, 2.24) is 9.47 Å². The van der Waals surface area contributed by atoms with Gasteiger partial charge in [0.1, 0.15) is 11.7 Å². The van der Waals surface area contributed by atoms with E-state index in [0.717, 1.165) is 0 Å². The van der Waals surface area contributed by atoms with E-state index >= 15 is 0 Å². The molecular weight excluding hydrogens is 276 g/mol. The third-order valence-corrected chi connectivity index (χ3v) is 4.36. The Hall–Kier alpha value is -1.14. The van der Waals surface area contributed by atoms with Gasteiger partial charge in [-0.05, 0) is 13.0 Å². The van der Waals surface area contributed by atoms with Crippen LogP contribution < -0.4 is 0 Å². The highest BCUT2D eigenvalue weighted by Crippen LogP contribution is 2.30. The molecule has 2 rings (SSSR count). The molecule has 0 spiro atoms. The fourth-order valence-electron chi connectivity index (χ4n) is 2.01. The molecule has 0 bridgehead atoms. The topological polar surface area (TPSA) is 62.5 Å². The van der Waals surface area contributed by atoms with Gasteiger partial charge >= 0.3 is 5.97 Å². The van der Waals surface area contributed by atoms with Gasteiger partial charge in [-0.2, -0.15) is 0 Å². The predicted molar refractivity (Wildman–Crippen MR) is 69.9 cm³/mol. The van der Waals surface area contributed by atoms with E-state index in [2.05, 4.69) is 0 Å². The summed E-state index contributed by atoms with van der Waals surface area (Å²) in [4.78, 5) is 24.9. The van der Waals surface area contributed by atoms with Gasteiger partial charge < -0.3 is 14.6 Å². The third kappa shape index (κ3) is 2.22. The highest BCUT2D eigenvalue weighted by Gasteiger charge is 2.40. The van der Waals surface area contributed by atoms with Crippen LogP contribution in [0.3, 0.4) is 0 Å². The Morgan fingerprint density at radius 1 is 1.56 bits per heavy atom. The molecule has 1 amide bonds. The average molecular weight is 289 g/mol. The molecule has 7 heteroatoms. The van der Waals surface area contributed by atoms with E-state index in [9.17, 15) is 9.59 Å². The highest BCUT2D eigenvalue weighted by molar-refractivity contribution is 8.00. The number of carbonyl (C=O) groups excluding carboxylic acids is 1. The lowest BCUT2D eigenvalue weighted by atomic mass is 10.2. The van der Waals surface area contributed by atoms with E-state index < -0.39 is 12.0 Å². The van der Waals surface area contributed by atoms with Crippen molar-refractivity contribution < 1.29 is 14.7 Å². The lowest BCUT2D eigenvalue weighted by molar-refractivity contribution is -0.141. The van der Waals surface area contributed by atoms with Crippen LogP contribution in [0.2, 0.25) is 5.02 Å². The number of nitrogens with zero attached hydrogens (tertiary/aromatic N) is 2. The van der Waals surface area contributed by atoms with Gasteiger partial charge in [-0.25, -0.2) is 4.79 Å². The molecule has 98 valence electrons. The summed E-state index contributed by atoms with van der Waals surface area (Å²) in [6.45, 7) is 1.83. The Labute approximate surface area is 114 Å². The zero-order valence-corrected chi connectivity index (χ0v) is 11.5. The molecule has 1 aliphatic heterocycles. The first-order valence-corrected chi connectivity index (χ1v) is 6.83. The van der Waals surface area contributed by atoms with Crippen LogP contribution in [-0.4, -0.2) is 43.6 Å². The smallest absolute Gasteiger partial charge is 0.327 e. The maximum atomic E-state index is 12.4. The van der Waals surface area contributed by atoms with Crippen LogP contribution in [0.5, 0.6) is 0 Å². The van der Waals surface area contributed by atoms with Crippen LogP contribution in [0.4, 0.5) is 0 Å². The van der Waals surface area contributed by atoms with Crippen molar-refractivity contribution in [1.29, 1.82) is 0 Å². The van der Waals surface area contributed by atoms with Crippen LogP contribution in [0.25, 0.3) is 0 Å². The van der Waals surface area contributed by atoms with E-state index in [4.69, 9.17) is 16.7 Å². The maximum Gasteiger partial charge on any atom is 0.327 e. The van der Waals surface area contributed by atoms with E-state index in [-0.39, 0.29) is 11.3 Å². The van der Waals surface area contributed by atoms with Crippen LogP contribution in [-0.2, 0) is 11.8 Å². The molecule has 1 saturated heterocycles. The summed E-state index contributed by atoms with van der Waals surface area (Å²) >= 11 is 7.30. The summed E-state index contributed by atoms with van der Waals surface area (Å²) < 4.78 is 1.61. The molecule has 1 aliphatic rings. The zero-order valence-electron chi connectivity index (χ0n) is 9.96. The Bertz CT molecular complexity index is 502. The van der Waals surface area contributed by atoms with Crippen molar-refractivity contribution >= 4 is 35.2 Å². The number of carboxylic acid groups (broad SMARTS) is 1. The van der Waals surface area contributed by atoms with Crippen molar-refractivity contribution in [3.05, 3.63) is 23.0 Å². The first-order chi connectivity index (χ1) is 8.41. The van der Waals surface area contributed by atoms with Gasteiger partial charge in [0.25, 0.3) is 5.91 Å². The second-order valence-corrected chi connectivity index (χ2v) is 5.94. The molecule has 2 atom stereocenters. The van der Waals surface area contributed by atoms with Crippen molar-refractivity contribution in [3.63, 3.8) is 0 Å². The number of aliphatic carboxylic acids is 1. The predicted octanol–water partition coefficient (Wildman–Crippen LogP) is 1.67. The Kier molecular flexibility index (Phi) is 3.59. The van der Waals surface area contributed by atoms with Crippen LogP contribution in [0.1, 0.15) is 17.4 Å². The number of carboxylic acids is 1. The average Bonchev–Trinajstić information content (AvgIpc) is 2.81. The number of hydrogen-bond acceptors (Lipinski definition) is 3. The molecule has 0 saturated carbocycles. The normalized spacial score (nSPS) is 23.4. The lowest BCUT2D eigenvalue weighted by Crippen LogP contribution is -2.45. The molecule has 1 aromatic heterocycles. The monoisotopic (exact) mass is 288 g/mol. The van der Waals surface area contributed by atoms with Gasteiger partial charge in [-0.15, -0.1) is 11.8 Å². The fraction of sp³-hybridized carbons (Fsp3) is 0.455. The van der Waals surface area contributed by atoms with Crippen molar-refractivity contribution in [2.45, 2.75) is 18.3 Å². The first kappa shape index (κ1) is 13.3. The summed E-state index contributed by atoms with van der Waals surface area (Å²) in [7, 11) is 1.71. The van der Waals surface area contributed by atoms with Crippen LogP contribution in [0, 0.1) is 0 Å². The number of thioether (sulfide) groups is 1. The largest absolute Gasteiger partial charge is 0.480 e. The van der Waals surface area contributed by atoms with Crippen LogP contribution >= 0.6 is 23.4 Å². The minimum Gasteiger partial charge on any atom is -0.480 e. The van der Waals surface area contributed by atoms with Gasteiger partial charge in [0.15, 0.2) is 0 Å². The molecule has 0 radical (unpaired) electrons. The standard InChI is InChI=1S/C11H13ClN2O3S/c1-6-14(9(5-18-6)11(16)17)10(15)8-3-7(12)4-13(8)2/h3-4,6,9H,5H2,1-2H3,(H,16,17).